The quantitative estimate of drug-likeness (QED) is 0.116. The van der Waals surface area contributed by atoms with Gasteiger partial charge in [-0.25, -0.2) is 14.4 Å². The fourth-order valence-electron chi connectivity index (χ4n) is 7.16. The lowest BCUT2D eigenvalue weighted by atomic mass is 9.70. The summed E-state index contributed by atoms with van der Waals surface area (Å²) in [6.07, 6.45) is 7.65. The number of nitrogens with zero attached hydrogens (tertiary/aromatic N) is 1. The van der Waals surface area contributed by atoms with Gasteiger partial charge in [-0.2, -0.15) is 0 Å². The van der Waals surface area contributed by atoms with Gasteiger partial charge >= 0.3 is 18.0 Å². The lowest BCUT2D eigenvalue weighted by molar-refractivity contribution is -0.142. The summed E-state index contributed by atoms with van der Waals surface area (Å²) in [6, 6.07) is 9.35. The third kappa shape index (κ3) is 9.77. The number of hydrogen-bond acceptors (Lipinski definition) is 9. The second-order valence-corrected chi connectivity index (χ2v) is 13.2. The third-order valence-corrected chi connectivity index (χ3v) is 9.11. The van der Waals surface area contributed by atoms with Crippen molar-refractivity contribution < 1.29 is 38.1 Å². The van der Waals surface area contributed by atoms with Crippen LogP contribution in [0.2, 0.25) is 0 Å². The van der Waals surface area contributed by atoms with Crippen LogP contribution in [0.3, 0.4) is 0 Å². The van der Waals surface area contributed by atoms with E-state index in [1.807, 2.05) is 35.2 Å². The first kappa shape index (κ1) is 33.9. The van der Waals surface area contributed by atoms with Gasteiger partial charge in [-0.05, 0) is 87.8 Å². The molecule has 4 atom stereocenters. The van der Waals surface area contributed by atoms with E-state index in [4.69, 9.17) is 23.7 Å². The van der Waals surface area contributed by atoms with Crippen molar-refractivity contribution in [3.63, 3.8) is 0 Å². The van der Waals surface area contributed by atoms with Gasteiger partial charge in [-0.3, -0.25) is 0 Å². The standard InChI is InChI=1S/C35H48N2O8/c1-6-31(38)42-19-26-13-15-27(16-14-26)20-44-33(40)37-24-34(4)17-28(18-35(37,5)23-34)36-25(3)45-30(22-43-32(39)7-2)21-41-29-11-9-8-10-12-29/h6-12,26-28,30,36H,1-3,13-24H2,4-5H3. The Balaban J connectivity index is 1.26. The van der Waals surface area contributed by atoms with Crippen molar-refractivity contribution in [2.75, 3.05) is 33.0 Å². The molecule has 1 aromatic carbocycles. The fraction of sp³-hybridized carbons (Fsp3) is 0.571. The summed E-state index contributed by atoms with van der Waals surface area (Å²) < 4.78 is 28.2. The Kier molecular flexibility index (Phi) is 11.6. The van der Waals surface area contributed by atoms with Gasteiger partial charge in [0.15, 0.2) is 12.0 Å². The normalized spacial score (nSPS) is 27.8. The van der Waals surface area contributed by atoms with E-state index in [2.05, 4.69) is 38.9 Å². The molecule has 4 rings (SSSR count). The summed E-state index contributed by atoms with van der Waals surface area (Å²) in [6.45, 7) is 16.9. The Hall–Kier alpha value is -3.95. The largest absolute Gasteiger partial charge is 0.490 e. The number of para-hydroxylation sites is 1. The number of fused-ring (bicyclic) bond motifs is 2. The van der Waals surface area contributed by atoms with Crippen molar-refractivity contribution in [1.29, 1.82) is 0 Å². The number of nitrogens with one attached hydrogen (secondary N) is 1. The van der Waals surface area contributed by atoms with E-state index in [0.717, 1.165) is 44.6 Å². The van der Waals surface area contributed by atoms with Crippen LogP contribution in [0.15, 0.2) is 68.1 Å². The molecule has 246 valence electrons. The molecular formula is C35H48N2O8. The number of benzene rings is 1. The summed E-state index contributed by atoms with van der Waals surface area (Å²) in [7, 11) is 0. The van der Waals surface area contributed by atoms with E-state index in [9.17, 15) is 14.4 Å². The minimum atomic E-state index is -0.593. The molecule has 1 N–H and O–H groups in total. The van der Waals surface area contributed by atoms with E-state index in [1.54, 1.807) is 0 Å². The summed E-state index contributed by atoms with van der Waals surface area (Å²) in [4.78, 5) is 38.3. The Bertz CT molecular complexity index is 1210. The molecule has 0 radical (unpaired) electrons. The molecule has 2 bridgehead atoms. The van der Waals surface area contributed by atoms with Gasteiger partial charge < -0.3 is 33.9 Å². The average Bonchev–Trinajstić information content (AvgIpc) is 3.23. The molecule has 3 aliphatic rings. The lowest BCUT2D eigenvalue weighted by Gasteiger charge is -2.41. The first-order valence-electron chi connectivity index (χ1n) is 15.8. The molecule has 0 spiro atoms. The molecule has 10 heteroatoms. The van der Waals surface area contributed by atoms with Gasteiger partial charge in [0.05, 0.1) is 13.2 Å². The highest BCUT2D eigenvalue weighted by Crippen LogP contribution is 2.51. The first-order valence-corrected chi connectivity index (χ1v) is 15.8. The zero-order valence-corrected chi connectivity index (χ0v) is 26.7. The number of amides is 1. The fourth-order valence-corrected chi connectivity index (χ4v) is 7.16. The molecule has 1 aromatic rings. The maximum Gasteiger partial charge on any atom is 0.410 e. The van der Waals surface area contributed by atoms with Crippen LogP contribution in [0.25, 0.3) is 0 Å². The number of likely N-dealkylation sites (tertiary alicyclic amines) is 1. The summed E-state index contributed by atoms with van der Waals surface area (Å²) >= 11 is 0. The highest BCUT2D eigenvalue weighted by molar-refractivity contribution is 5.81. The Morgan fingerprint density at radius 1 is 0.933 bits per heavy atom. The van der Waals surface area contributed by atoms with E-state index >= 15 is 0 Å². The van der Waals surface area contributed by atoms with Crippen LogP contribution in [0.5, 0.6) is 5.75 Å². The van der Waals surface area contributed by atoms with Crippen LogP contribution >= 0.6 is 0 Å². The molecule has 3 fully saturated rings. The number of esters is 2. The van der Waals surface area contributed by atoms with Gasteiger partial charge in [0, 0.05) is 30.3 Å². The second-order valence-electron chi connectivity index (χ2n) is 13.2. The molecule has 0 aromatic heterocycles. The van der Waals surface area contributed by atoms with Crippen molar-refractivity contribution >= 4 is 18.0 Å². The lowest BCUT2D eigenvalue weighted by Crippen LogP contribution is -2.50. The molecule has 1 saturated heterocycles. The summed E-state index contributed by atoms with van der Waals surface area (Å²) in [5.41, 5.74) is -0.454. The highest BCUT2D eigenvalue weighted by Gasteiger charge is 2.56. The van der Waals surface area contributed by atoms with Crippen molar-refractivity contribution in [2.24, 2.45) is 17.3 Å². The zero-order chi connectivity index (χ0) is 32.5. The topological polar surface area (TPSA) is 113 Å². The van der Waals surface area contributed by atoms with Gasteiger partial charge in [-0.1, -0.05) is 38.3 Å². The minimum absolute atomic E-state index is 0.0240. The van der Waals surface area contributed by atoms with Crippen molar-refractivity contribution in [3.8, 4) is 5.75 Å². The Morgan fingerprint density at radius 2 is 1.56 bits per heavy atom. The summed E-state index contributed by atoms with van der Waals surface area (Å²) in [5, 5.41) is 3.42. The van der Waals surface area contributed by atoms with E-state index in [1.165, 1.54) is 6.08 Å². The smallest absolute Gasteiger partial charge is 0.410 e. The number of carbonyl (C=O) groups excluding carboxylic acids is 3. The number of hydrogen-bond donors (Lipinski definition) is 1. The number of ether oxygens (including phenoxy) is 5. The molecule has 1 amide bonds. The molecule has 45 heavy (non-hydrogen) atoms. The van der Waals surface area contributed by atoms with Gasteiger partial charge in [0.2, 0.25) is 0 Å². The second kappa shape index (κ2) is 15.4. The van der Waals surface area contributed by atoms with Crippen molar-refractivity contribution in [1.82, 2.24) is 10.2 Å². The van der Waals surface area contributed by atoms with Gasteiger partial charge in [0.1, 0.15) is 19.0 Å². The van der Waals surface area contributed by atoms with Crippen LogP contribution in [0.4, 0.5) is 4.79 Å². The molecule has 10 nitrogen and oxygen atoms in total. The van der Waals surface area contributed by atoms with Crippen LogP contribution in [0.1, 0.15) is 58.8 Å². The maximum absolute atomic E-state index is 13.4. The first-order chi connectivity index (χ1) is 21.5. The highest BCUT2D eigenvalue weighted by atomic mass is 16.6. The SMILES string of the molecule is C=CC(=O)OCC1CCC(COC(=O)N2CC3(C)CC(NC(=C)OC(COC(=O)C=C)COc4ccccc4)CC2(C)C3)CC1. The maximum atomic E-state index is 13.4. The molecule has 2 saturated carbocycles. The van der Waals surface area contributed by atoms with Gasteiger partial charge in [0.25, 0.3) is 0 Å². The van der Waals surface area contributed by atoms with E-state index < -0.39 is 12.1 Å². The average molecular weight is 625 g/mol. The predicted molar refractivity (Wildman–Crippen MR) is 169 cm³/mol. The van der Waals surface area contributed by atoms with Crippen LogP contribution < -0.4 is 10.1 Å². The predicted octanol–water partition coefficient (Wildman–Crippen LogP) is 5.55. The van der Waals surface area contributed by atoms with E-state index in [0.29, 0.717) is 49.6 Å². The molecule has 4 unspecified atom stereocenters. The van der Waals surface area contributed by atoms with Crippen molar-refractivity contribution in [3.05, 3.63) is 68.1 Å². The third-order valence-electron chi connectivity index (χ3n) is 9.11. The monoisotopic (exact) mass is 624 g/mol. The number of rotatable bonds is 15. The Labute approximate surface area is 266 Å². The van der Waals surface area contributed by atoms with Crippen molar-refractivity contribution in [2.45, 2.75) is 76.5 Å². The molecule has 1 aliphatic heterocycles. The number of carbonyl (C=O) groups is 3. The van der Waals surface area contributed by atoms with Crippen LogP contribution in [0, 0.1) is 17.3 Å². The van der Waals surface area contributed by atoms with Gasteiger partial charge in [-0.15, -0.1) is 0 Å². The molecule has 1 heterocycles. The molecule has 2 aliphatic carbocycles. The zero-order valence-electron chi connectivity index (χ0n) is 26.7. The van der Waals surface area contributed by atoms with E-state index in [-0.39, 0.29) is 42.3 Å². The van der Waals surface area contributed by atoms with Crippen LogP contribution in [-0.4, -0.2) is 73.6 Å². The summed E-state index contributed by atoms with van der Waals surface area (Å²) in [5.74, 6) is 0.754. The Morgan fingerprint density at radius 3 is 2.20 bits per heavy atom. The van der Waals surface area contributed by atoms with Crippen LogP contribution in [-0.2, 0) is 28.5 Å². The molecular weight excluding hydrogens is 576 g/mol. The minimum Gasteiger partial charge on any atom is -0.490 e.